The molecule has 1 saturated heterocycles. The zero-order valence-electron chi connectivity index (χ0n) is 17.1. The summed E-state index contributed by atoms with van der Waals surface area (Å²) in [5.41, 5.74) is 2.21. The SMILES string of the molecule is O=C(c1cccc(-n2cnnn2)c1)N1CCN(c2ccc(Nc3cccnc3)nn2)CC1. The lowest BCUT2D eigenvalue weighted by Gasteiger charge is -2.35. The van der Waals surface area contributed by atoms with Crippen molar-refractivity contribution in [3.05, 3.63) is 72.8 Å². The van der Waals surface area contributed by atoms with E-state index in [1.54, 1.807) is 18.5 Å². The maximum atomic E-state index is 13.0. The van der Waals surface area contributed by atoms with Crippen molar-refractivity contribution in [1.82, 2.24) is 40.3 Å². The Morgan fingerprint density at radius 1 is 0.969 bits per heavy atom. The number of aromatic nitrogens is 7. The first-order valence-electron chi connectivity index (χ1n) is 10.1. The Hall–Kier alpha value is -4.41. The number of carbonyl (C=O) groups is 1. The van der Waals surface area contributed by atoms with Gasteiger partial charge in [-0.15, -0.1) is 15.3 Å². The third-order valence-corrected chi connectivity index (χ3v) is 5.18. The van der Waals surface area contributed by atoms with E-state index in [-0.39, 0.29) is 5.91 Å². The fourth-order valence-electron chi connectivity index (χ4n) is 3.53. The van der Waals surface area contributed by atoms with Gasteiger partial charge in [0.15, 0.2) is 11.6 Å². The van der Waals surface area contributed by atoms with Gasteiger partial charge in [-0.1, -0.05) is 6.07 Å². The van der Waals surface area contributed by atoms with E-state index in [4.69, 9.17) is 0 Å². The second kappa shape index (κ2) is 8.76. The molecule has 0 unspecified atom stereocenters. The smallest absolute Gasteiger partial charge is 0.254 e. The van der Waals surface area contributed by atoms with Gasteiger partial charge in [-0.25, -0.2) is 4.68 Å². The molecule has 1 aliphatic heterocycles. The maximum absolute atomic E-state index is 13.0. The van der Waals surface area contributed by atoms with Crippen molar-refractivity contribution in [3.63, 3.8) is 0 Å². The molecule has 160 valence electrons. The van der Waals surface area contributed by atoms with Crippen LogP contribution in [0.1, 0.15) is 10.4 Å². The standard InChI is InChI=1S/C21H20N10O/c32-21(16-3-1-5-18(13-16)31-15-23-27-28-31)30-11-9-29(10-12-30)20-7-6-19(25-26-20)24-17-4-2-8-22-14-17/h1-8,13-15H,9-12H2,(H,24,25). The van der Waals surface area contributed by atoms with Gasteiger partial charge in [-0.2, -0.15) is 0 Å². The Morgan fingerprint density at radius 2 is 1.88 bits per heavy atom. The van der Waals surface area contributed by atoms with Gasteiger partial charge in [0.1, 0.15) is 6.33 Å². The molecule has 1 N–H and O–H groups in total. The number of benzene rings is 1. The summed E-state index contributed by atoms with van der Waals surface area (Å²) in [6, 6.07) is 14.9. The first-order valence-corrected chi connectivity index (χ1v) is 10.1. The van der Waals surface area contributed by atoms with E-state index >= 15 is 0 Å². The second-order valence-electron chi connectivity index (χ2n) is 7.23. The van der Waals surface area contributed by atoms with Crippen LogP contribution in [0.4, 0.5) is 17.3 Å². The number of hydrogen-bond donors (Lipinski definition) is 1. The number of anilines is 3. The molecule has 0 aliphatic carbocycles. The highest BCUT2D eigenvalue weighted by molar-refractivity contribution is 5.95. The van der Waals surface area contributed by atoms with E-state index in [1.165, 1.54) is 11.0 Å². The second-order valence-corrected chi connectivity index (χ2v) is 7.23. The first-order chi connectivity index (χ1) is 15.8. The average Bonchev–Trinajstić information content (AvgIpc) is 3.40. The molecule has 0 saturated carbocycles. The predicted octanol–water partition coefficient (Wildman–Crippen LogP) is 1.55. The fourth-order valence-corrected chi connectivity index (χ4v) is 3.53. The van der Waals surface area contributed by atoms with Gasteiger partial charge in [0.25, 0.3) is 5.91 Å². The molecule has 3 aromatic heterocycles. The molecular formula is C21H20N10O. The molecule has 1 aromatic carbocycles. The molecule has 4 aromatic rings. The number of rotatable bonds is 5. The van der Waals surface area contributed by atoms with E-state index in [0.29, 0.717) is 37.6 Å². The molecule has 5 rings (SSSR count). The number of pyridine rings is 1. The monoisotopic (exact) mass is 428 g/mol. The molecule has 11 heteroatoms. The third kappa shape index (κ3) is 4.21. The number of piperazine rings is 1. The van der Waals surface area contributed by atoms with Crippen molar-refractivity contribution in [1.29, 1.82) is 0 Å². The molecule has 32 heavy (non-hydrogen) atoms. The van der Waals surface area contributed by atoms with E-state index in [2.05, 4.69) is 40.9 Å². The number of tetrazole rings is 1. The van der Waals surface area contributed by atoms with Crippen LogP contribution in [0, 0.1) is 0 Å². The van der Waals surface area contributed by atoms with Crippen LogP contribution in [0.2, 0.25) is 0 Å². The summed E-state index contributed by atoms with van der Waals surface area (Å²) in [5.74, 6) is 1.43. The van der Waals surface area contributed by atoms with E-state index in [0.717, 1.165) is 17.2 Å². The van der Waals surface area contributed by atoms with Crippen molar-refractivity contribution < 1.29 is 4.79 Å². The Bertz CT molecular complexity index is 1170. The molecule has 4 heterocycles. The van der Waals surface area contributed by atoms with Gasteiger partial charge in [0.2, 0.25) is 0 Å². The first kappa shape index (κ1) is 19.5. The lowest BCUT2D eigenvalue weighted by atomic mass is 10.1. The summed E-state index contributed by atoms with van der Waals surface area (Å²) in [4.78, 5) is 21.0. The molecular weight excluding hydrogens is 408 g/mol. The minimum atomic E-state index is -0.0123. The van der Waals surface area contributed by atoms with Crippen LogP contribution in [0.3, 0.4) is 0 Å². The minimum Gasteiger partial charge on any atom is -0.352 e. The third-order valence-electron chi connectivity index (χ3n) is 5.18. The number of nitrogens with zero attached hydrogens (tertiary/aromatic N) is 9. The normalized spacial score (nSPS) is 13.8. The predicted molar refractivity (Wildman–Crippen MR) is 117 cm³/mol. The van der Waals surface area contributed by atoms with Crippen LogP contribution in [0.5, 0.6) is 0 Å². The van der Waals surface area contributed by atoms with Crippen molar-refractivity contribution in [2.45, 2.75) is 0 Å². The van der Waals surface area contributed by atoms with Gasteiger partial charge >= 0.3 is 0 Å². The highest BCUT2D eigenvalue weighted by atomic mass is 16.2. The van der Waals surface area contributed by atoms with Gasteiger partial charge < -0.3 is 15.1 Å². The molecule has 0 atom stereocenters. The Morgan fingerprint density at radius 3 is 2.59 bits per heavy atom. The van der Waals surface area contributed by atoms with Crippen molar-refractivity contribution in [3.8, 4) is 5.69 Å². The van der Waals surface area contributed by atoms with Crippen LogP contribution in [0.15, 0.2) is 67.3 Å². The number of carbonyl (C=O) groups excluding carboxylic acids is 1. The lowest BCUT2D eigenvalue weighted by Crippen LogP contribution is -2.49. The molecule has 1 amide bonds. The lowest BCUT2D eigenvalue weighted by molar-refractivity contribution is 0.0746. The van der Waals surface area contributed by atoms with Gasteiger partial charge in [0.05, 0.1) is 17.6 Å². The molecule has 1 fully saturated rings. The van der Waals surface area contributed by atoms with Crippen LogP contribution in [-0.4, -0.2) is 72.4 Å². The minimum absolute atomic E-state index is 0.0123. The van der Waals surface area contributed by atoms with Crippen LogP contribution < -0.4 is 10.2 Å². The summed E-state index contributed by atoms with van der Waals surface area (Å²) in [6.45, 7) is 2.57. The van der Waals surface area contributed by atoms with Crippen LogP contribution >= 0.6 is 0 Å². The van der Waals surface area contributed by atoms with E-state index < -0.39 is 0 Å². The summed E-state index contributed by atoms with van der Waals surface area (Å²) >= 11 is 0. The highest BCUT2D eigenvalue weighted by Crippen LogP contribution is 2.18. The quantitative estimate of drug-likeness (QED) is 0.505. The summed E-state index contributed by atoms with van der Waals surface area (Å²) in [7, 11) is 0. The van der Waals surface area contributed by atoms with Gasteiger partial charge in [-0.3, -0.25) is 9.78 Å². The summed E-state index contributed by atoms with van der Waals surface area (Å²) in [6.07, 6.45) is 4.95. The molecule has 0 radical (unpaired) electrons. The largest absolute Gasteiger partial charge is 0.352 e. The highest BCUT2D eigenvalue weighted by Gasteiger charge is 2.23. The van der Waals surface area contributed by atoms with Crippen LogP contribution in [-0.2, 0) is 0 Å². The van der Waals surface area contributed by atoms with E-state index in [9.17, 15) is 4.79 Å². The number of amides is 1. The Labute approximate surface area is 183 Å². The number of hydrogen-bond acceptors (Lipinski definition) is 9. The molecule has 11 nitrogen and oxygen atoms in total. The van der Waals surface area contributed by atoms with Crippen molar-refractivity contribution >= 4 is 23.2 Å². The topological polar surface area (TPSA) is 118 Å². The van der Waals surface area contributed by atoms with Crippen molar-refractivity contribution in [2.24, 2.45) is 0 Å². The Balaban J connectivity index is 1.20. The molecule has 0 bridgehead atoms. The summed E-state index contributed by atoms with van der Waals surface area (Å²) in [5, 5.41) is 22.9. The molecule has 0 spiro atoms. The van der Waals surface area contributed by atoms with Gasteiger partial charge in [0, 0.05) is 37.9 Å². The average molecular weight is 428 g/mol. The summed E-state index contributed by atoms with van der Waals surface area (Å²) < 4.78 is 1.53. The van der Waals surface area contributed by atoms with Crippen LogP contribution in [0.25, 0.3) is 5.69 Å². The Kier molecular flexibility index (Phi) is 5.35. The fraction of sp³-hybridized carbons (Fsp3) is 0.190. The zero-order valence-corrected chi connectivity index (χ0v) is 17.1. The zero-order chi connectivity index (χ0) is 21.8. The van der Waals surface area contributed by atoms with Gasteiger partial charge in [-0.05, 0) is 52.9 Å². The van der Waals surface area contributed by atoms with Crippen molar-refractivity contribution in [2.75, 3.05) is 36.4 Å². The molecule has 1 aliphatic rings. The maximum Gasteiger partial charge on any atom is 0.254 e. The van der Waals surface area contributed by atoms with E-state index in [1.807, 2.05) is 47.4 Å². The number of nitrogens with one attached hydrogen (secondary N) is 1.